The number of aromatic amines is 1. The zero-order valence-electron chi connectivity index (χ0n) is 10.9. The van der Waals surface area contributed by atoms with Crippen molar-refractivity contribution in [3.05, 3.63) is 48.3 Å². The predicted octanol–water partition coefficient (Wildman–Crippen LogP) is 2.39. The first-order valence-corrected chi connectivity index (χ1v) is 7.36. The smallest absolute Gasteiger partial charge is 0.220 e. The van der Waals surface area contributed by atoms with Gasteiger partial charge in [-0.1, -0.05) is 12.1 Å². The van der Waals surface area contributed by atoms with E-state index in [1.807, 2.05) is 0 Å². The summed E-state index contributed by atoms with van der Waals surface area (Å²) in [6.45, 7) is 0.552. The van der Waals surface area contributed by atoms with Crippen molar-refractivity contribution in [2.24, 2.45) is 0 Å². The second-order valence-electron chi connectivity index (χ2n) is 4.16. The van der Waals surface area contributed by atoms with E-state index in [-0.39, 0.29) is 11.7 Å². The Hall–Kier alpha value is -1.82. The van der Waals surface area contributed by atoms with E-state index in [2.05, 4.69) is 15.3 Å². The minimum Gasteiger partial charge on any atom is -0.356 e. The van der Waals surface area contributed by atoms with E-state index in [1.165, 1.54) is 17.8 Å². The Morgan fingerprint density at radius 1 is 1.40 bits per heavy atom. The normalized spacial score (nSPS) is 10.4. The molecular weight excluding hydrogens is 277 g/mol. The van der Waals surface area contributed by atoms with Gasteiger partial charge in [-0.15, -0.1) is 11.8 Å². The number of amides is 1. The first-order valence-electron chi connectivity index (χ1n) is 6.38. The summed E-state index contributed by atoms with van der Waals surface area (Å²) >= 11 is 1.35. The van der Waals surface area contributed by atoms with Crippen molar-refractivity contribution in [1.29, 1.82) is 0 Å². The maximum absolute atomic E-state index is 13.3. The van der Waals surface area contributed by atoms with Gasteiger partial charge < -0.3 is 10.3 Å². The first-order chi connectivity index (χ1) is 9.75. The van der Waals surface area contributed by atoms with Gasteiger partial charge in [0.25, 0.3) is 0 Å². The van der Waals surface area contributed by atoms with Crippen LogP contribution in [-0.4, -0.2) is 28.2 Å². The maximum atomic E-state index is 13.3. The Balaban J connectivity index is 1.62. The summed E-state index contributed by atoms with van der Waals surface area (Å²) in [7, 11) is 0. The molecule has 6 heteroatoms. The molecule has 0 radical (unpaired) electrons. The van der Waals surface area contributed by atoms with Crippen LogP contribution in [0.25, 0.3) is 0 Å². The highest BCUT2D eigenvalue weighted by atomic mass is 32.2. The number of aromatic nitrogens is 2. The fourth-order valence-electron chi connectivity index (χ4n) is 1.66. The van der Waals surface area contributed by atoms with E-state index in [0.29, 0.717) is 30.0 Å². The summed E-state index contributed by atoms with van der Waals surface area (Å²) in [6.07, 6.45) is 4.49. The number of hydrogen-bond donors (Lipinski definition) is 2. The molecule has 0 bridgehead atoms. The second kappa shape index (κ2) is 7.69. The summed E-state index contributed by atoms with van der Waals surface area (Å²) in [4.78, 5) is 19.2. The fourth-order valence-corrected chi connectivity index (χ4v) is 2.55. The number of H-pyrrole nitrogens is 1. The van der Waals surface area contributed by atoms with Gasteiger partial charge in [0.15, 0.2) is 0 Å². The molecule has 0 saturated heterocycles. The van der Waals surface area contributed by atoms with Gasteiger partial charge in [-0.3, -0.25) is 4.79 Å². The van der Waals surface area contributed by atoms with E-state index in [0.717, 1.165) is 5.82 Å². The molecule has 1 heterocycles. The van der Waals surface area contributed by atoms with Crippen molar-refractivity contribution in [3.63, 3.8) is 0 Å². The van der Waals surface area contributed by atoms with Crippen molar-refractivity contribution in [3.8, 4) is 0 Å². The SMILES string of the molecule is O=C(CCSc1ccccc1F)NCCc1ncc[nH]1. The molecule has 2 N–H and O–H groups in total. The molecule has 0 fully saturated rings. The van der Waals surface area contributed by atoms with Crippen LogP contribution in [0, 0.1) is 5.82 Å². The van der Waals surface area contributed by atoms with Gasteiger partial charge in [-0.05, 0) is 12.1 Å². The highest BCUT2D eigenvalue weighted by Gasteiger charge is 2.05. The van der Waals surface area contributed by atoms with Crippen LogP contribution < -0.4 is 5.32 Å². The summed E-state index contributed by atoms with van der Waals surface area (Å²) in [5.74, 6) is 1.15. The number of thioether (sulfide) groups is 1. The lowest BCUT2D eigenvalue weighted by atomic mass is 10.3. The molecule has 106 valence electrons. The Bertz CT molecular complexity index is 545. The van der Waals surface area contributed by atoms with Crippen LogP contribution in [0.15, 0.2) is 41.6 Å². The van der Waals surface area contributed by atoms with Crippen LogP contribution in [0.3, 0.4) is 0 Å². The maximum Gasteiger partial charge on any atom is 0.220 e. The Morgan fingerprint density at radius 3 is 3.00 bits per heavy atom. The van der Waals surface area contributed by atoms with E-state index >= 15 is 0 Å². The number of benzene rings is 1. The third kappa shape index (κ3) is 4.70. The molecule has 0 saturated carbocycles. The Morgan fingerprint density at radius 2 is 2.25 bits per heavy atom. The summed E-state index contributed by atoms with van der Waals surface area (Å²) < 4.78 is 13.3. The van der Waals surface area contributed by atoms with Crippen molar-refractivity contribution in [2.45, 2.75) is 17.7 Å². The van der Waals surface area contributed by atoms with Crippen LogP contribution >= 0.6 is 11.8 Å². The molecule has 0 spiro atoms. The molecule has 2 aromatic rings. The van der Waals surface area contributed by atoms with Crippen LogP contribution in [0.1, 0.15) is 12.2 Å². The fraction of sp³-hybridized carbons (Fsp3) is 0.286. The van der Waals surface area contributed by atoms with Gasteiger partial charge in [0.1, 0.15) is 11.6 Å². The highest BCUT2D eigenvalue weighted by molar-refractivity contribution is 7.99. The standard InChI is InChI=1S/C14H16FN3OS/c15-11-3-1-2-4-12(11)20-10-6-14(19)18-7-5-13-16-8-9-17-13/h1-4,8-9H,5-7,10H2,(H,16,17)(H,18,19). The molecule has 0 aliphatic heterocycles. The lowest BCUT2D eigenvalue weighted by molar-refractivity contribution is -0.120. The number of hydrogen-bond acceptors (Lipinski definition) is 3. The summed E-state index contributed by atoms with van der Waals surface area (Å²) in [6, 6.07) is 6.58. The van der Waals surface area contributed by atoms with Gasteiger partial charge in [-0.2, -0.15) is 0 Å². The van der Waals surface area contributed by atoms with E-state index in [1.54, 1.807) is 30.6 Å². The van der Waals surface area contributed by atoms with Crippen LogP contribution in [0.2, 0.25) is 0 Å². The molecule has 20 heavy (non-hydrogen) atoms. The monoisotopic (exact) mass is 293 g/mol. The summed E-state index contributed by atoms with van der Waals surface area (Å²) in [5.41, 5.74) is 0. The van der Waals surface area contributed by atoms with Gasteiger partial charge in [0.2, 0.25) is 5.91 Å². The Kier molecular flexibility index (Phi) is 5.61. The zero-order chi connectivity index (χ0) is 14.2. The number of nitrogens with zero attached hydrogens (tertiary/aromatic N) is 1. The molecule has 0 aliphatic rings. The number of nitrogens with one attached hydrogen (secondary N) is 2. The molecule has 1 amide bonds. The third-order valence-electron chi connectivity index (χ3n) is 2.66. The van der Waals surface area contributed by atoms with Crippen molar-refractivity contribution >= 4 is 17.7 Å². The van der Waals surface area contributed by atoms with Gasteiger partial charge in [0, 0.05) is 42.4 Å². The highest BCUT2D eigenvalue weighted by Crippen LogP contribution is 2.21. The average molecular weight is 293 g/mol. The minimum atomic E-state index is -0.240. The first kappa shape index (κ1) is 14.6. The molecular formula is C14H16FN3OS. The van der Waals surface area contributed by atoms with E-state index in [4.69, 9.17) is 0 Å². The number of carbonyl (C=O) groups is 1. The lowest BCUT2D eigenvalue weighted by Gasteiger charge is -2.05. The van der Waals surface area contributed by atoms with Crippen molar-refractivity contribution < 1.29 is 9.18 Å². The number of imidazole rings is 1. The molecule has 0 unspecified atom stereocenters. The van der Waals surface area contributed by atoms with Crippen molar-refractivity contribution in [1.82, 2.24) is 15.3 Å². The van der Waals surface area contributed by atoms with E-state index < -0.39 is 0 Å². The van der Waals surface area contributed by atoms with Crippen LogP contribution in [0.4, 0.5) is 4.39 Å². The largest absolute Gasteiger partial charge is 0.356 e. The second-order valence-corrected chi connectivity index (χ2v) is 5.30. The minimum absolute atomic E-state index is 0.0274. The molecule has 1 aromatic carbocycles. The third-order valence-corrected chi connectivity index (χ3v) is 3.71. The average Bonchev–Trinajstić information content (AvgIpc) is 2.94. The molecule has 1 aromatic heterocycles. The lowest BCUT2D eigenvalue weighted by Crippen LogP contribution is -2.26. The van der Waals surface area contributed by atoms with Crippen molar-refractivity contribution in [2.75, 3.05) is 12.3 Å². The molecule has 0 aliphatic carbocycles. The quantitative estimate of drug-likeness (QED) is 0.771. The van der Waals surface area contributed by atoms with Crippen LogP contribution in [0.5, 0.6) is 0 Å². The van der Waals surface area contributed by atoms with E-state index in [9.17, 15) is 9.18 Å². The number of carbonyl (C=O) groups excluding carboxylic acids is 1. The number of halogens is 1. The summed E-state index contributed by atoms with van der Waals surface area (Å²) in [5, 5.41) is 2.82. The van der Waals surface area contributed by atoms with Gasteiger partial charge >= 0.3 is 0 Å². The molecule has 4 nitrogen and oxygen atoms in total. The topological polar surface area (TPSA) is 57.8 Å². The predicted molar refractivity (Wildman–Crippen MR) is 77.0 cm³/mol. The Labute approximate surface area is 121 Å². The zero-order valence-corrected chi connectivity index (χ0v) is 11.8. The molecule has 2 rings (SSSR count). The van der Waals surface area contributed by atoms with Gasteiger partial charge in [0.05, 0.1) is 0 Å². The van der Waals surface area contributed by atoms with Crippen LogP contribution in [-0.2, 0) is 11.2 Å². The van der Waals surface area contributed by atoms with Gasteiger partial charge in [-0.25, -0.2) is 9.37 Å². The number of rotatable bonds is 7. The molecule has 0 atom stereocenters.